The summed E-state index contributed by atoms with van der Waals surface area (Å²) in [5, 5.41) is 0. The molecule has 3 rings (SSSR count). The molecule has 2 aromatic rings. The Morgan fingerprint density at radius 2 is 1.62 bits per heavy atom. The van der Waals surface area contributed by atoms with Crippen LogP contribution < -0.4 is 4.72 Å². The Labute approximate surface area is 172 Å². The standard InChI is InChI=1S/C22H26N2O4S/c1-16-5-3-4-14-24(16)22(26)20-8-6-18(7-9-20)15-23-29(27,28)21-12-10-19(11-13-21)17(2)25/h6-13,16,23H,3-5,14-15H2,1-2H3. The first-order chi connectivity index (χ1) is 13.8. The Bertz CT molecular complexity index is 982. The zero-order chi connectivity index (χ0) is 21.0. The Morgan fingerprint density at radius 1 is 1.00 bits per heavy atom. The van der Waals surface area contributed by atoms with Gasteiger partial charge in [-0.3, -0.25) is 9.59 Å². The van der Waals surface area contributed by atoms with Crippen LogP contribution in [0.4, 0.5) is 0 Å². The summed E-state index contributed by atoms with van der Waals surface area (Å²) in [4.78, 5) is 26.0. The fourth-order valence-corrected chi connectivity index (χ4v) is 4.48. The molecule has 0 bridgehead atoms. The van der Waals surface area contributed by atoms with Crippen molar-refractivity contribution >= 4 is 21.7 Å². The maximum Gasteiger partial charge on any atom is 0.254 e. The number of nitrogens with one attached hydrogen (secondary N) is 1. The number of carbonyl (C=O) groups is 2. The average Bonchev–Trinajstić information content (AvgIpc) is 2.72. The van der Waals surface area contributed by atoms with E-state index < -0.39 is 10.0 Å². The van der Waals surface area contributed by atoms with Gasteiger partial charge in [0.05, 0.1) is 4.90 Å². The van der Waals surface area contributed by atoms with E-state index in [1.165, 1.54) is 31.2 Å². The summed E-state index contributed by atoms with van der Waals surface area (Å²) in [6.45, 7) is 4.40. The molecule has 154 valence electrons. The van der Waals surface area contributed by atoms with Crippen LogP contribution in [0.2, 0.25) is 0 Å². The van der Waals surface area contributed by atoms with Crippen LogP contribution in [0.5, 0.6) is 0 Å². The Morgan fingerprint density at radius 3 is 2.21 bits per heavy atom. The van der Waals surface area contributed by atoms with Gasteiger partial charge in [-0.2, -0.15) is 0 Å². The summed E-state index contributed by atoms with van der Waals surface area (Å²) in [5.41, 5.74) is 1.84. The van der Waals surface area contributed by atoms with Gasteiger partial charge in [-0.05, 0) is 62.9 Å². The van der Waals surface area contributed by atoms with Gasteiger partial charge in [-0.15, -0.1) is 0 Å². The Balaban J connectivity index is 1.63. The zero-order valence-corrected chi connectivity index (χ0v) is 17.5. The number of amides is 1. The third-order valence-corrected chi connectivity index (χ3v) is 6.72. The molecule has 1 heterocycles. The summed E-state index contributed by atoms with van der Waals surface area (Å²) < 4.78 is 27.4. The molecule has 1 unspecified atom stereocenters. The Hall–Kier alpha value is -2.51. The van der Waals surface area contributed by atoms with Crippen molar-refractivity contribution in [2.24, 2.45) is 0 Å². The van der Waals surface area contributed by atoms with E-state index in [-0.39, 0.29) is 29.2 Å². The molecule has 1 aliphatic rings. The highest BCUT2D eigenvalue weighted by Crippen LogP contribution is 2.19. The number of sulfonamides is 1. The number of benzene rings is 2. The largest absolute Gasteiger partial charge is 0.336 e. The fraction of sp³-hybridized carbons (Fsp3) is 0.364. The molecule has 0 saturated carbocycles. The van der Waals surface area contributed by atoms with Gasteiger partial charge in [-0.25, -0.2) is 13.1 Å². The normalized spacial score (nSPS) is 17.2. The van der Waals surface area contributed by atoms with Crippen LogP contribution in [0.15, 0.2) is 53.4 Å². The van der Waals surface area contributed by atoms with Crippen molar-refractivity contribution in [3.05, 3.63) is 65.2 Å². The summed E-state index contributed by atoms with van der Waals surface area (Å²) in [6.07, 6.45) is 3.21. The van der Waals surface area contributed by atoms with Crippen molar-refractivity contribution in [3.63, 3.8) is 0 Å². The first-order valence-electron chi connectivity index (χ1n) is 9.78. The van der Waals surface area contributed by atoms with Gasteiger partial charge in [0, 0.05) is 30.3 Å². The average molecular weight is 415 g/mol. The highest BCUT2D eigenvalue weighted by Gasteiger charge is 2.24. The lowest BCUT2D eigenvalue weighted by Crippen LogP contribution is -2.42. The van der Waals surface area contributed by atoms with Gasteiger partial charge in [0.25, 0.3) is 5.91 Å². The van der Waals surface area contributed by atoms with E-state index in [0.29, 0.717) is 11.1 Å². The molecule has 6 nitrogen and oxygen atoms in total. The summed E-state index contributed by atoms with van der Waals surface area (Å²) in [5.74, 6) is -0.0922. The first kappa shape index (κ1) is 21.2. The smallest absolute Gasteiger partial charge is 0.254 e. The zero-order valence-electron chi connectivity index (χ0n) is 16.7. The number of likely N-dealkylation sites (tertiary alicyclic amines) is 1. The van der Waals surface area contributed by atoms with Gasteiger partial charge in [0.1, 0.15) is 0 Å². The molecular weight excluding hydrogens is 388 g/mol. The second-order valence-electron chi connectivity index (χ2n) is 7.45. The lowest BCUT2D eigenvalue weighted by atomic mass is 10.0. The number of ketones is 1. The molecule has 0 aromatic heterocycles. The number of rotatable bonds is 6. The van der Waals surface area contributed by atoms with Gasteiger partial charge >= 0.3 is 0 Å². The van der Waals surface area contributed by atoms with Crippen molar-refractivity contribution in [3.8, 4) is 0 Å². The van der Waals surface area contributed by atoms with Gasteiger partial charge in [0.15, 0.2) is 5.78 Å². The van der Waals surface area contributed by atoms with E-state index in [0.717, 1.165) is 31.4 Å². The van der Waals surface area contributed by atoms with Crippen LogP contribution >= 0.6 is 0 Å². The lowest BCUT2D eigenvalue weighted by Gasteiger charge is -2.33. The monoisotopic (exact) mass is 414 g/mol. The maximum atomic E-state index is 12.7. The van der Waals surface area contributed by atoms with Crippen LogP contribution in [-0.2, 0) is 16.6 Å². The number of hydrogen-bond donors (Lipinski definition) is 1. The van der Waals surface area contributed by atoms with E-state index in [4.69, 9.17) is 0 Å². The number of carbonyl (C=O) groups excluding carboxylic acids is 2. The molecule has 1 aliphatic heterocycles. The second-order valence-corrected chi connectivity index (χ2v) is 9.21. The molecule has 2 aromatic carbocycles. The molecule has 29 heavy (non-hydrogen) atoms. The molecule has 0 aliphatic carbocycles. The first-order valence-corrected chi connectivity index (χ1v) is 11.3. The van der Waals surface area contributed by atoms with Crippen molar-refractivity contribution in [1.82, 2.24) is 9.62 Å². The molecular formula is C22H26N2O4S. The molecule has 1 saturated heterocycles. The minimum Gasteiger partial charge on any atom is -0.336 e. The highest BCUT2D eigenvalue weighted by atomic mass is 32.2. The molecule has 1 amide bonds. The predicted molar refractivity (Wildman–Crippen MR) is 111 cm³/mol. The second kappa shape index (κ2) is 8.88. The Kier molecular flexibility index (Phi) is 6.49. The molecule has 1 fully saturated rings. The van der Waals surface area contributed by atoms with E-state index in [1.807, 2.05) is 4.90 Å². The van der Waals surface area contributed by atoms with Crippen LogP contribution in [0.25, 0.3) is 0 Å². The van der Waals surface area contributed by atoms with Crippen LogP contribution in [0.1, 0.15) is 59.4 Å². The van der Waals surface area contributed by atoms with E-state index in [1.54, 1.807) is 24.3 Å². The highest BCUT2D eigenvalue weighted by molar-refractivity contribution is 7.89. The van der Waals surface area contributed by atoms with E-state index >= 15 is 0 Å². The molecule has 7 heteroatoms. The molecule has 1 N–H and O–H groups in total. The summed E-state index contributed by atoms with van der Waals surface area (Å²) in [7, 11) is -3.69. The van der Waals surface area contributed by atoms with Crippen LogP contribution in [-0.4, -0.2) is 37.6 Å². The number of Topliss-reactive ketones (excluding diaryl/α,β-unsaturated/α-hetero) is 1. The van der Waals surface area contributed by atoms with Crippen molar-refractivity contribution in [2.75, 3.05) is 6.54 Å². The maximum absolute atomic E-state index is 12.7. The lowest BCUT2D eigenvalue weighted by molar-refractivity contribution is 0.0635. The summed E-state index contributed by atoms with van der Waals surface area (Å²) in [6, 6.07) is 13.1. The molecule has 0 spiro atoms. The quantitative estimate of drug-likeness (QED) is 0.735. The minimum atomic E-state index is -3.69. The predicted octanol–water partition coefficient (Wildman–Crippen LogP) is 3.38. The van der Waals surface area contributed by atoms with E-state index in [9.17, 15) is 18.0 Å². The minimum absolute atomic E-state index is 0.0230. The van der Waals surface area contributed by atoms with Crippen molar-refractivity contribution < 1.29 is 18.0 Å². The third-order valence-electron chi connectivity index (χ3n) is 5.30. The third kappa shape index (κ3) is 5.10. The van der Waals surface area contributed by atoms with Crippen LogP contribution in [0, 0.1) is 0 Å². The number of hydrogen-bond acceptors (Lipinski definition) is 4. The SMILES string of the molecule is CC(=O)c1ccc(S(=O)(=O)NCc2ccc(C(=O)N3CCCCC3C)cc2)cc1. The molecule has 0 radical (unpaired) electrons. The number of piperidine rings is 1. The van der Waals surface area contributed by atoms with Crippen LogP contribution in [0.3, 0.4) is 0 Å². The van der Waals surface area contributed by atoms with Gasteiger partial charge in [-0.1, -0.05) is 24.3 Å². The topological polar surface area (TPSA) is 83.5 Å². The van der Waals surface area contributed by atoms with Crippen molar-refractivity contribution in [1.29, 1.82) is 0 Å². The van der Waals surface area contributed by atoms with Gasteiger partial charge in [0.2, 0.25) is 10.0 Å². The fourth-order valence-electron chi connectivity index (χ4n) is 3.46. The van der Waals surface area contributed by atoms with E-state index in [2.05, 4.69) is 11.6 Å². The molecule has 1 atom stereocenters. The van der Waals surface area contributed by atoms with Crippen molar-refractivity contribution in [2.45, 2.75) is 50.6 Å². The van der Waals surface area contributed by atoms with Gasteiger partial charge < -0.3 is 4.90 Å². The summed E-state index contributed by atoms with van der Waals surface area (Å²) >= 11 is 0. The number of nitrogens with zero attached hydrogens (tertiary/aromatic N) is 1.